The molecule has 0 spiro atoms. The quantitative estimate of drug-likeness (QED) is 0.549. The number of allylic oxidation sites excluding steroid dienone is 2. The first-order chi connectivity index (χ1) is 14.5. The Balaban J connectivity index is 1.75. The molecule has 166 valence electrons. The van der Waals surface area contributed by atoms with Gasteiger partial charge in [0.05, 0.1) is 31.8 Å². The van der Waals surface area contributed by atoms with Crippen molar-refractivity contribution in [3.63, 3.8) is 0 Å². The van der Waals surface area contributed by atoms with Gasteiger partial charge in [0.1, 0.15) is 5.75 Å². The van der Waals surface area contributed by atoms with Crippen molar-refractivity contribution in [1.82, 2.24) is 0 Å². The first kappa shape index (κ1) is 23.2. The van der Waals surface area contributed by atoms with E-state index >= 15 is 0 Å². The molecule has 1 aromatic rings. The SMILES string of the molecule is COc1ccc(CS[C@@H]2CC(=O)O[C@@H](C)CCC/C=C/[C@@H]3C[C@H](O)C[C@H]3[C@@H]2O)cc1. The number of thioether (sulfide) groups is 1. The molecule has 5 nitrogen and oxygen atoms in total. The summed E-state index contributed by atoms with van der Waals surface area (Å²) in [6.45, 7) is 1.93. The van der Waals surface area contributed by atoms with Crippen molar-refractivity contribution in [2.24, 2.45) is 11.8 Å². The molecule has 2 aliphatic rings. The number of esters is 1. The predicted molar refractivity (Wildman–Crippen MR) is 119 cm³/mol. The molecule has 0 unspecified atom stereocenters. The smallest absolute Gasteiger partial charge is 0.307 e. The maximum Gasteiger partial charge on any atom is 0.307 e. The number of methoxy groups -OCH3 is 1. The Morgan fingerprint density at radius 3 is 2.70 bits per heavy atom. The number of aliphatic hydroxyl groups is 2. The molecule has 1 heterocycles. The van der Waals surface area contributed by atoms with Gasteiger partial charge in [-0.1, -0.05) is 24.3 Å². The van der Waals surface area contributed by atoms with Crippen LogP contribution >= 0.6 is 11.8 Å². The number of ether oxygens (including phenoxy) is 2. The molecular weight excluding hydrogens is 400 g/mol. The van der Waals surface area contributed by atoms with E-state index in [-0.39, 0.29) is 35.6 Å². The second-order valence-electron chi connectivity index (χ2n) is 8.50. The lowest BCUT2D eigenvalue weighted by atomic mass is 9.87. The van der Waals surface area contributed by atoms with Crippen molar-refractivity contribution in [2.75, 3.05) is 7.11 Å². The third-order valence-electron chi connectivity index (χ3n) is 6.15. The monoisotopic (exact) mass is 434 g/mol. The van der Waals surface area contributed by atoms with Gasteiger partial charge in [-0.05, 0) is 68.6 Å². The zero-order valence-corrected chi connectivity index (χ0v) is 18.7. The number of carbonyl (C=O) groups excluding carboxylic acids is 1. The average molecular weight is 435 g/mol. The largest absolute Gasteiger partial charge is 0.497 e. The molecule has 1 aliphatic carbocycles. The molecule has 2 N–H and O–H groups in total. The second kappa shape index (κ2) is 11.2. The lowest BCUT2D eigenvalue weighted by Crippen LogP contribution is -2.35. The van der Waals surface area contributed by atoms with Crippen LogP contribution in [0.15, 0.2) is 36.4 Å². The third-order valence-corrected chi connectivity index (χ3v) is 7.52. The summed E-state index contributed by atoms with van der Waals surface area (Å²) in [5.74, 6) is 1.34. The topological polar surface area (TPSA) is 76.0 Å². The van der Waals surface area contributed by atoms with Crippen molar-refractivity contribution < 1.29 is 24.5 Å². The molecule has 6 atom stereocenters. The van der Waals surface area contributed by atoms with E-state index in [0.29, 0.717) is 18.6 Å². The van der Waals surface area contributed by atoms with Crippen LogP contribution in [0.1, 0.15) is 51.0 Å². The Morgan fingerprint density at radius 2 is 1.97 bits per heavy atom. The van der Waals surface area contributed by atoms with Gasteiger partial charge in [0.15, 0.2) is 0 Å². The van der Waals surface area contributed by atoms with Crippen LogP contribution in [0.2, 0.25) is 0 Å². The highest BCUT2D eigenvalue weighted by molar-refractivity contribution is 7.99. The summed E-state index contributed by atoms with van der Waals surface area (Å²) in [5, 5.41) is 21.2. The first-order valence-corrected chi connectivity index (χ1v) is 12.0. The van der Waals surface area contributed by atoms with E-state index in [2.05, 4.69) is 12.2 Å². The van der Waals surface area contributed by atoms with Gasteiger partial charge in [-0.25, -0.2) is 0 Å². The Kier molecular flexibility index (Phi) is 8.66. The van der Waals surface area contributed by atoms with Crippen LogP contribution in [0, 0.1) is 11.8 Å². The van der Waals surface area contributed by atoms with Gasteiger partial charge < -0.3 is 19.7 Å². The normalized spacial score (nSPS) is 34.1. The second-order valence-corrected chi connectivity index (χ2v) is 9.73. The summed E-state index contributed by atoms with van der Waals surface area (Å²) < 4.78 is 10.8. The number of benzene rings is 1. The minimum atomic E-state index is -0.677. The fourth-order valence-electron chi connectivity index (χ4n) is 4.46. The van der Waals surface area contributed by atoms with E-state index in [1.54, 1.807) is 18.9 Å². The average Bonchev–Trinajstić information content (AvgIpc) is 3.10. The number of aliphatic hydroxyl groups excluding tert-OH is 2. The molecule has 0 amide bonds. The van der Waals surface area contributed by atoms with Crippen LogP contribution < -0.4 is 4.74 Å². The maximum absolute atomic E-state index is 12.6. The highest BCUT2D eigenvalue weighted by atomic mass is 32.2. The van der Waals surface area contributed by atoms with Gasteiger partial charge in [0, 0.05) is 11.0 Å². The van der Waals surface area contributed by atoms with Gasteiger partial charge in [-0.2, -0.15) is 11.8 Å². The maximum atomic E-state index is 12.6. The van der Waals surface area contributed by atoms with E-state index in [0.717, 1.165) is 30.6 Å². The van der Waals surface area contributed by atoms with Gasteiger partial charge in [-0.3, -0.25) is 4.79 Å². The minimum Gasteiger partial charge on any atom is -0.497 e. The highest BCUT2D eigenvalue weighted by Crippen LogP contribution is 2.40. The molecule has 0 aromatic heterocycles. The lowest BCUT2D eigenvalue weighted by Gasteiger charge is -2.29. The van der Waals surface area contributed by atoms with Gasteiger partial charge in [0.25, 0.3) is 0 Å². The van der Waals surface area contributed by atoms with E-state index in [1.165, 1.54) is 0 Å². The van der Waals surface area contributed by atoms with Crippen LogP contribution in [-0.2, 0) is 15.3 Å². The first-order valence-electron chi connectivity index (χ1n) is 10.9. The molecule has 6 heteroatoms. The van der Waals surface area contributed by atoms with E-state index < -0.39 is 12.2 Å². The number of cyclic esters (lactones) is 1. The third kappa shape index (κ3) is 6.50. The summed E-state index contributed by atoms with van der Waals surface area (Å²) in [6.07, 6.45) is 7.28. The zero-order valence-electron chi connectivity index (χ0n) is 17.9. The van der Waals surface area contributed by atoms with Gasteiger partial charge in [0.2, 0.25) is 0 Å². The number of carbonyl (C=O) groups is 1. The van der Waals surface area contributed by atoms with Crippen molar-refractivity contribution in [2.45, 2.75) is 74.8 Å². The summed E-state index contributed by atoms with van der Waals surface area (Å²) in [4.78, 5) is 12.6. The predicted octanol–water partition coefficient (Wildman–Crippen LogP) is 4.11. The fourth-order valence-corrected chi connectivity index (χ4v) is 5.71. The molecule has 1 saturated carbocycles. The lowest BCUT2D eigenvalue weighted by molar-refractivity contribution is -0.149. The molecule has 30 heavy (non-hydrogen) atoms. The molecule has 1 fully saturated rings. The molecular formula is C24H34O5S. The van der Waals surface area contributed by atoms with Crippen LogP contribution in [0.5, 0.6) is 5.75 Å². The summed E-state index contributed by atoms with van der Waals surface area (Å²) in [5.41, 5.74) is 1.11. The Hall–Kier alpha value is -1.50. The zero-order chi connectivity index (χ0) is 21.5. The molecule has 0 radical (unpaired) electrons. The fraction of sp³-hybridized carbons (Fsp3) is 0.625. The van der Waals surface area contributed by atoms with E-state index in [1.807, 2.05) is 31.2 Å². The van der Waals surface area contributed by atoms with Gasteiger partial charge in [-0.15, -0.1) is 0 Å². The minimum absolute atomic E-state index is 0.0457. The summed E-state index contributed by atoms with van der Waals surface area (Å²) in [7, 11) is 1.64. The van der Waals surface area contributed by atoms with Crippen molar-refractivity contribution in [1.29, 1.82) is 0 Å². The molecule has 0 bridgehead atoms. The van der Waals surface area contributed by atoms with Crippen molar-refractivity contribution in [3.05, 3.63) is 42.0 Å². The number of rotatable bonds is 4. The number of hydrogen-bond acceptors (Lipinski definition) is 6. The molecule has 1 aliphatic heterocycles. The van der Waals surface area contributed by atoms with Crippen molar-refractivity contribution in [3.8, 4) is 5.75 Å². The molecule has 1 aromatic carbocycles. The number of hydrogen-bond donors (Lipinski definition) is 2. The Labute approximate surface area is 183 Å². The van der Waals surface area contributed by atoms with E-state index in [9.17, 15) is 15.0 Å². The van der Waals surface area contributed by atoms with Crippen LogP contribution in [-0.4, -0.2) is 46.9 Å². The van der Waals surface area contributed by atoms with E-state index in [4.69, 9.17) is 9.47 Å². The number of fused-ring (bicyclic) bond motifs is 1. The highest BCUT2D eigenvalue weighted by Gasteiger charge is 2.40. The Bertz CT molecular complexity index is 704. The van der Waals surface area contributed by atoms with Crippen LogP contribution in [0.3, 0.4) is 0 Å². The summed E-state index contributed by atoms with van der Waals surface area (Å²) >= 11 is 1.59. The summed E-state index contributed by atoms with van der Waals surface area (Å²) in [6, 6.07) is 7.84. The van der Waals surface area contributed by atoms with Gasteiger partial charge >= 0.3 is 5.97 Å². The van der Waals surface area contributed by atoms with Crippen LogP contribution in [0.25, 0.3) is 0 Å². The van der Waals surface area contributed by atoms with Crippen LogP contribution in [0.4, 0.5) is 0 Å². The van der Waals surface area contributed by atoms with Crippen molar-refractivity contribution >= 4 is 17.7 Å². The molecule has 0 saturated heterocycles. The Morgan fingerprint density at radius 1 is 1.20 bits per heavy atom. The molecule has 3 rings (SSSR count). The standard InChI is InChI=1S/C24H34O5S/c1-16-6-4-3-5-7-18-12-19(25)13-21(18)24(27)22(14-23(26)29-16)30-15-17-8-10-20(28-2)11-9-17/h5,7-11,16,18-19,21-22,24-25,27H,3-4,6,12-15H2,1-2H3/b7-5+/t16-,18+,19-,21+,22+,24-/m0/s1.